The maximum Gasteiger partial charge on any atom is 0.419 e. The molecule has 2 aromatic rings. The first-order valence-corrected chi connectivity index (χ1v) is 4.02. The fourth-order valence-corrected chi connectivity index (χ4v) is 1.04. The number of pyridine rings is 1. The predicted molar refractivity (Wildman–Crippen MR) is 45.2 cm³/mol. The van der Waals surface area contributed by atoms with Gasteiger partial charge in [-0.1, -0.05) is 0 Å². The van der Waals surface area contributed by atoms with Crippen LogP contribution in [0.25, 0.3) is 5.82 Å². The molecule has 0 aliphatic heterocycles. The summed E-state index contributed by atoms with van der Waals surface area (Å²) in [6.45, 7) is 0. The molecule has 0 aliphatic rings. The highest BCUT2D eigenvalue weighted by Crippen LogP contribution is 2.28. The van der Waals surface area contributed by atoms with Gasteiger partial charge in [-0.25, -0.2) is 9.67 Å². The smallest absolute Gasteiger partial charge is 0.236 e. The van der Waals surface area contributed by atoms with Crippen molar-refractivity contribution in [3.63, 3.8) is 0 Å². The Morgan fingerprint density at radius 3 is 2.67 bits per heavy atom. The van der Waals surface area contributed by atoms with Crippen molar-refractivity contribution in [3.05, 3.63) is 42.4 Å². The molecule has 0 bridgehead atoms. The fraction of sp³-hybridized carbons (Fsp3) is 0.111. The third-order valence-electron chi connectivity index (χ3n) is 1.74. The van der Waals surface area contributed by atoms with Gasteiger partial charge in [0.1, 0.15) is 0 Å². The second kappa shape index (κ2) is 3.38. The summed E-state index contributed by atoms with van der Waals surface area (Å²) in [7, 11) is 0. The summed E-state index contributed by atoms with van der Waals surface area (Å²) in [6.07, 6.45) is -1.36. The zero-order valence-electron chi connectivity index (χ0n) is 7.36. The van der Waals surface area contributed by atoms with Crippen LogP contribution in [0.3, 0.4) is 0 Å². The Morgan fingerprint density at radius 1 is 1.33 bits per heavy atom. The number of rotatable bonds is 1. The molecule has 0 aromatic carbocycles. The summed E-state index contributed by atoms with van der Waals surface area (Å²) < 4.78 is 37.8. The van der Waals surface area contributed by atoms with Gasteiger partial charge in [0.25, 0.3) is 0 Å². The molecule has 0 atom stereocenters. The van der Waals surface area contributed by atoms with Gasteiger partial charge < -0.3 is 0 Å². The Morgan fingerprint density at radius 2 is 2.13 bits per heavy atom. The van der Waals surface area contributed by atoms with Crippen molar-refractivity contribution in [2.75, 3.05) is 0 Å². The van der Waals surface area contributed by atoms with E-state index in [4.69, 9.17) is 0 Å². The Bertz CT molecular complexity index is 447. The first-order valence-electron chi connectivity index (χ1n) is 4.02. The number of aromatic nitrogens is 3. The highest BCUT2D eigenvalue weighted by molar-refractivity contribution is 5.22. The predicted octanol–water partition coefficient (Wildman–Crippen LogP) is 2.09. The number of nitrogens with zero attached hydrogens (tertiary/aromatic N) is 3. The lowest BCUT2D eigenvalue weighted by molar-refractivity contribution is -0.137. The molecule has 0 fully saturated rings. The molecule has 0 saturated heterocycles. The lowest BCUT2D eigenvalue weighted by atomic mass is 10.3. The zero-order chi connectivity index (χ0) is 10.9. The van der Waals surface area contributed by atoms with Crippen molar-refractivity contribution in [1.29, 1.82) is 0 Å². The minimum atomic E-state index is -4.38. The van der Waals surface area contributed by atoms with E-state index < -0.39 is 11.7 Å². The number of hydrogen-bond donors (Lipinski definition) is 0. The molecule has 0 unspecified atom stereocenters. The van der Waals surface area contributed by atoms with Gasteiger partial charge in [-0.05, 0) is 12.1 Å². The van der Waals surface area contributed by atoms with Gasteiger partial charge in [0.2, 0.25) is 0 Å². The molecule has 0 saturated carbocycles. The van der Waals surface area contributed by atoms with Gasteiger partial charge in [0.05, 0.1) is 11.8 Å². The van der Waals surface area contributed by atoms with E-state index >= 15 is 0 Å². The minimum absolute atomic E-state index is 0.323. The summed E-state index contributed by atoms with van der Waals surface area (Å²) in [5.41, 5.74) is -0.794. The summed E-state index contributed by atoms with van der Waals surface area (Å²) in [4.78, 5) is 3.82. The molecule has 3 nitrogen and oxygen atoms in total. The van der Waals surface area contributed by atoms with Gasteiger partial charge >= 0.3 is 6.18 Å². The summed E-state index contributed by atoms with van der Waals surface area (Å²) in [5.74, 6) is 0.323. The van der Waals surface area contributed by atoms with Crippen LogP contribution in [0.1, 0.15) is 5.56 Å². The Kier molecular flexibility index (Phi) is 2.18. The molecule has 77 valence electrons. The van der Waals surface area contributed by atoms with Crippen LogP contribution in [0.5, 0.6) is 0 Å². The monoisotopic (exact) mass is 212 g/mol. The first-order chi connectivity index (χ1) is 7.07. The van der Waals surface area contributed by atoms with E-state index in [9.17, 15) is 13.2 Å². The van der Waals surface area contributed by atoms with Crippen LogP contribution < -0.4 is 0 Å². The molecule has 2 aromatic heterocycles. The van der Waals surface area contributed by atoms with E-state index in [1.807, 2.05) is 0 Å². The van der Waals surface area contributed by atoms with Gasteiger partial charge in [-0.15, -0.1) is 0 Å². The van der Waals surface area contributed by atoms with Gasteiger partial charge in [0, 0.05) is 18.5 Å². The molecule has 2 heterocycles. The second-order valence-corrected chi connectivity index (χ2v) is 2.79. The second-order valence-electron chi connectivity index (χ2n) is 2.79. The molecular formula is C9H5F3N3. The summed E-state index contributed by atoms with van der Waals surface area (Å²) >= 11 is 0. The molecule has 0 aliphatic carbocycles. The summed E-state index contributed by atoms with van der Waals surface area (Å²) in [6, 6.07) is 5.74. The van der Waals surface area contributed by atoms with Crippen LogP contribution in [0.4, 0.5) is 13.2 Å². The van der Waals surface area contributed by atoms with Crippen molar-refractivity contribution in [3.8, 4) is 5.82 Å². The van der Waals surface area contributed by atoms with Gasteiger partial charge in [0.15, 0.2) is 5.82 Å². The number of alkyl halides is 3. The summed E-state index contributed by atoms with van der Waals surface area (Å²) in [5, 5.41) is 3.57. The molecule has 1 radical (unpaired) electrons. The molecule has 2 rings (SSSR count). The van der Waals surface area contributed by atoms with E-state index in [0.717, 1.165) is 17.1 Å². The average Bonchev–Trinajstić information content (AvgIpc) is 2.67. The lowest BCUT2D eigenvalue weighted by Crippen LogP contribution is -2.03. The fourth-order valence-electron chi connectivity index (χ4n) is 1.04. The Labute approximate surface area is 83.2 Å². The average molecular weight is 212 g/mol. The first kappa shape index (κ1) is 9.70. The lowest BCUT2D eigenvalue weighted by Gasteiger charge is -2.01. The van der Waals surface area contributed by atoms with E-state index in [-0.39, 0.29) is 0 Å². The van der Waals surface area contributed by atoms with Crippen molar-refractivity contribution in [1.82, 2.24) is 14.8 Å². The standard InChI is InChI=1S/C9H5F3N3/c10-9(11,12)7-5-14-15(6-7)8-3-1-2-4-13-8/h1,3-6H. The highest BCUT2D eigenvalue weighted by Gasteiger charge is 2.32. The van der Waals surface area contributed by atoms with E-state index in [2.05, 4.69) is 16.1 Å². The third kappa shape index (κ3) is 1.98. The maximum absolute atomic E-state index is 12.2. The molecule has 6 heteroatoms. The van der Waals surface area contributed by atoms with Crippen LogP contribution in [-0.2, 0) is 6.18 Å². The van der Waals surface area contributed by atoms with Crippen molar-refractivity contribution < 1.29 is 13.2 Å². The van der Waals surface area contributed by atoms with Gasteiger partial charge in [-0.3, -0.25) is 0 Å². The van der Waals surface area contributed by atoms with Crippen LogP contribution in [0.15, 0.2) is 30.7 Å². The zero-order valence-corrected chi connectivity index (χ0v) is 7.36. The molecular weight excluding hydrogens is 207 g/mol. The van der Waals surface area contributed by atoms with Crippen molar-refractivity contribution >= 4 is 0 Å². The van der Waals surface area contributed by atoms with Gasteiger partial charge in [-0.2, -0.15) is 18.3 Å². The number of halogens is 3. The van der Waals surface area contributed by atoms with Crippen LogP contribution in [0.2, 0.25) is 0 Å². The quantitative estimate of drug-likeness (QED) is 0.724. The number of hydrogen-bond acceptors (Lipinski definition) is 2. The molecule has 0 amide bonds. The topological polar surface area (TPSA) is 30.7 Å². The van der Waals surface area contributed by atoms with Crippen molar-refractivity contribution in [2.24, 2.45) is 0 Å². The molecule has 0 N–H and O–H groups in total. The largest absolute Gasteiger partial charge is 0.419 e. The maximum atomic E-state index is 12.2. The molecule has 0 spiro atoms. The van der Waals surface area contributed by atoms with E-state index in [1.54, 1.807) is 6.07 Å². The van der Waals surface area contributed by atoms with Crippen molar-refractivity contribution in [2.45, 2.75) is 6.18 Å². The SMILES string of the molecule is FC(F)(F)c1cnn(-c2cc[c]cn2)c1. The van der Waals surface area contributed by atoms with Crippen LogP contribution in [-0.4, -0.2) is 14.8 Å². The third-order valence-corrected chi connectivity index (χ3v) is 1.74. The Balaban J connectivity index is 2.37. The normalized spacial score (nSPS) is 11.7. The van der Waals surface area contributed by atoms with Crippen LogP contribution >= 0.6 is 0 Å². The van der Waals surface area contributed by atoms with E-state index in [0.29, 0.717) is 5.82 Å². The highest BCUT2D eigenvalue weighted by atomic mass is 19.4. The minimum Gasteiger partial charge on any atom is -0.236 e. The Hall–Kier alpha value is -1.85. The van der Waals surface area contributed by atoms with Crippen LogP contribution in [0, 0.1) is 6.07 Å². The molecule has 15 heavy (non-hydrogen) atoms. The van der Waals surface area contributed by atoms with E-state index in [1.165, 1.54) is 12.3 Å².